The summed E-state index contributed by atoms with van der Waals surface area (Å²) in [6.07, 6.45) is 4.97. The van der Waals surface area contributed by atoms with E-state index in [1.807, 2.05) is 19.1 Å². The molecule has 0 N–H and O–H groups in total. The van der Waals surface area contributed by atoms with E-state index < -0.39 is 0 Å². The highest BCUT2D eigenvalue weighted by atomic mass is 15.4. The third-order valence-corrected chi connectivity index (χ3v) is 2.80. The smallest absolute Gasteiger partial charge is 0.0406 e. The molecule has 0 aromatic rings. The number of hydrogen-bond acceptors (Lipinski definition) is 2. The zero-order valence-electron chi connectivity index (χ0n) is 11.4. The van der Waals surface area contributed by atoms with Crippen LogP contribution in [0, 0.1) is 11.8 Å². The van der Waals surface area contributed by atoms with Crippen molar-refractivity contribution in [3.05, 3.63) is 0 Å². The fourth-order valence-electron chi connectivity index (χ4n) is 2.12. The lowest BCUT2D eigenvalue weighted by atomic mass is 9.90. The van der Waals surface area contributed by atoms with Gasteiger partial charge in [-0.3, -0.25) is 0 Å². The number of nitrogens with zero attached hydrogens (tertiary/aromatic N) is 2. The maximum absolute atomic E-state index is 4.56. The van der Waals surface area contributed by atoms with Gasteiger partial charge < -0.3 is 5.01 Å². The first-order valence-corrected chi connectivity index (χ1v) is 6.25. The minimum absolute atomic E-state index is 0.624. The number of hydrogen-bond donors (Lipinski definition) is 0. The van der Waals surface area contributed by atoms with Gasteiger partial charge in [0.05, 0.1) is 0 Å². The Kier molecular flexibility index (Phi) is 7.45. The van der Waals surface area contributed by atoms with Gasteiger partial charge in [0.15, 0.2) is 0 Å². The number of rotatable bonds is 7. The van der Waals surface area contributed by atoms with Gasteiger partial charge in [0.1, 0.15) is 0 Å². The van der Waals surface area contributed by atoms with Crippen LogP contribution in [0.5, 0.6) is 0 Å². The quantitative estimate of drug-likeness (QED) is 0.463. The van der Waals surface area contributed by atoms with Crippen molar-refractivity contribution in [3.8, 4) is 0 Å². The lowest BCUT2D eigenvalue weighted by Gasteiger charge is -2.19. The summed E-state index contributed by atoms with van der Waals surface area (Å²) in [6.45, 7) is 9.11. The van der Waals surface area contributed by atoms with Crippen LogP contribution in [0.2, 0.25) is 0 Å². The molecule has 0 radical (unpaired) electrons. The van der Waals surface area contributed by atoms with E-state index in [0.717, 1.165) is 12.3 Å². The molecule has 0 aliphatic carbocycles. The van der Waals surface area contributed by atoms with Crippen molar-refractivity contribution in [2.75, 3.05) is 14.1 Å². The summed E-state index contributed by atoms with van der Waals surface area (Å²) in [4.78, 5) is 0. The predicted octanol–water partition coefficient (Wildman–Crippen LogP) is 3.78. The Hall–Kier alpha value is -0.530. The topological polar surface area (TPSA) is 15.6 Å². The molecule has 90 valence electrons. The fourth-order valence-corrected chi connectivity index (χ4v) is 2.12. The van der Waals surface area contributed by atoms with Crippen molar-refractivity contribution in [2.45, 2.75) is 53.4 Å². The maximum Gasteiger partial charge on any atom is 0.0406 e. The van der Waals surface area contributed by atoms with E-state index in [2.05, 4.69) is 32.8 Å². The van der Waals surface area contributed by atoms with Crippen LogP contribution in [0.25, 0.3) is 0 Å². The van der Waals surface area contributed by atoms with Crippen molar-refractivity contribution in [2.24, 2.45) is 16.9 Å². The van der Waals surface area contributed by atoms with Crippen molar-refractivity contribution in [1.29, 1.82) is 0 Å². The Morgan fingerprint density at radius 3 is 2.20 bits per heavy atom. The van der Waals surface area contributed by atoms with E-state index in [1.165, 1.54) is 25.0 Å². The van der Waals surface area contributed by atoms with Gasteiger partial charge in [0, 0.05) is 19.8 Å². The molecule has 2 nitrogen and oxygen atoms in total. The molecule has 0 heterocycles. The fraction of sp³-hybridized carbons (Fsp3) is 0.923. The standard InChI is InChI=1S/C13H28N2/c1-7-9-11(3)10-12(4)13(8-2)14-15(5)6/h11-12H,7-10H2,1-6H3/b14-13+. The molecule has 0 aliphatic rings. The molecule has 0 aromatic heterocycles. The summed E-state index contributed by atoms with van der Waals surface area (Å²) in [5, 5.41) is 6.47. The normalized spacial score (nSPS) is 16.3. The summed E-state index contributed by atoms with van der Waals surface area (Å²) >= 11 is 0. The molecule has 0 saturated heterocycles. The maximum atomic E-state index is 4.56. The zero-order valence-corrected chi connectivity index (χ0v) is 11.4. The van der Waals surface area contributed by atoms with E-state index in [9.17, 15) is 0 Å². The Morgan fingerprint density at radius 1 is 1.20 bits per heavy atom. The molecule has 0 bridgehead atoms. The second-order valence-corrected chi connectivity index (χ2v) is 4.82. The Bertz CT molecular complexity index is 185. The average molecular weight is 212 g/mol. The third kappa shape index (κ3) is 6.53. The minimum Gasteiger partial charge on any atom is -0.303 e. The van der Waals surface area contributed by atoms with E-state index in [-0.39, 0.29) is 0 Å². The van der Waals surface area contributed by atoms with Gasteiger partial charge in [-0.2, -0.15) is 5.10 Å². The van der Waals surface area contributed by atoms with Crippen LogP contribution in [-0.2, 0) is 0 Å². The molecule has 0 amide bonds. The second kappa shape index (κ2) is 7.72. The molecule has 15 heavy (non-hydrogen) atoms. The third-order valence-electron chi connectivity index (χ3n) is 2.80. The molecular formula is C13H28N2. The van der Waals surface area contributed by atoms with Crippen LogP contribution in [-0.4, -0.2) is 24.8 Å². The predicted molar refractivity (Wildman–Crippen MR) is 69.3 cm³/mol. The van der Waals surface area contributed by atoms with Crippen molar-refractivity contribution in [3.63, 3.8) is 0 Å². The molecule has 2 heteroatoms. The van der Waals surface area contributed by atoms with Gasteiger partial charge in [0.2, 0.25) is 0 Å². The zero-order chi connectivity index (χ0) is 11.8. The van der Waals surface area contributed by atoms with Crippen molar-refractivity contribution >= 4 is 5.71 Å². The lowest BCUT2D eigenvalue weighted by molar-refractivity contribution is 0.413. The lowest BCUT2D eigenvalue weighted by Crippen LogP contribution is -2.17. The molecule has 0 fully saturated rings. The van der Waals surface area contributed by atoms with Crippen LogP contribution in [0.3, 0.4) is 0 Å². The Morgan fingerprint density at radius 2 is 1.80 bits per heavy atom. The molecular weight excluding hydrogens is 184 g/mol. The summed E-state index contributed by atoms with van der Waals surface area (Å²) in [6, 6.07) is 0. The van der Waals surface area contributed by atoms with E-state index in [0.29, 0.717) is 5.92 Å². The second-order valence-electron chi connectivity index (χ2n) is 4.82. The van der Waals surface area contributed by atoms with Crippen LogP contribution >= 0.6 is 0 Å². The summed E-state index contributed by atoms with van der Waals surface area (Å²) in [7, 11) is 4.00. The number of hydrazone groups is 1. The minimum atomic E-state index is 0.624. The van der Waals surface area contributed by atoms with E-state index in [1.54, 1.807) is 0 Å². The first kappa shape index (κ1) is 14.5. The van der Waals surface area contributed by atoms with Crippen LogP contribution < -0.4 is 0 Å². The van der Waals surface area contributed by atoms with Gasteiger partial charge in [-0.05, 0) is 24.7 Å². The van der Waals surface area contributed by atoms with Crippen LogP contribution in [0.1, 0.15) is 53.4 Å². The SMILES string of the molecule is CCCC(C)CC(C)/C(CC)=N/N(C)C. The molecule has 0 saturated carbocycles. The van der Waals surface area contributed by atoms with Crippen molar-refractivity contribution < 1.29 is 0 Å². The molecule has 0 spiro atoms. The van der Waals surface area contributed by atoms with Gasteiger partial charge >= 0.3 is 0 Å². The largest absolute Gasteiger partial charge is 0.303 e. The van der Waals surface area contributed by atoms with Gasteiger partial charge in [-0.1, -0.05) is 40.5 Å². The molecule has 2 atom stereocenters. The van der Waals surface area contributed by atoms with Crippen molar-refractivity contribution in [1.82, 2.24) is 5.01 Å². The molecule has 0 rings (SSSR count). The molecule has 0 aliphatic heterocycles. The molecule has 2 unspecified atom stereocenters. The van der Waals surface area contributed by atoms with Crippen LogP contribution in [0.15, 0.2) is 5.10 Å². The summed E-state index contributed by atoms with van der Waals surface area (Å²) < 4.78 is 0. The Labute approximate surface area is 95.7 Å². The first-order valence-electron chi connectivity index (χ1n) is 6.25. The first-order chi connectivity index (χ1) is 7.01. The Balaban J connectivity index is 4.21. The summed E-state index contributed by atoms with van der Waals surface area (Å²) in [5.74, 6) is 1.45. The van der Waals surface area contributed by atoms with Gasteiger partial charge in [-0.25, -0.2) is 0 Å². The highest BCUT2D eigenvalue weighted by Crippen LogP contribution is 2.19. The van der Waals surface area contributed by atoms with E-state index in [4.69, 9.17) is 0 Å². The monoisotopic (exact) mass is 212 g/mol. The highest BCUT2D eigenvalue weighted by Gasteiger charge is 2.13. The molecule has 0 aromatic carbocycles. The summed E-state index contributed by atoms with van der Waals surface area (Å²) in [5.41, 5.74) is 1.34. The van der Waals surface area contributed by atoms with Gasteiger partial charge in [0.25, 0.3) is 0 Å². The van der Waals surface area contributed by atoms with Crippen LogP contribution in [0.4, 0.5) is 0 Å². The average Bonchev–Trinajstić information content (AvgIpc) is 2.13. The highest BCUT2D eigenvalue weighted by molar-refractivity contribution is 5.86. The van der Waals surface area contributed by atoms with E-state index >= 15 is 0 Å². The van der Waals surface area contributed by atoms with Gasteiger partial charge in [-0.15, -0.1) is 0 Å².